The average Bonchev–Trinajstić information content (AvgIpc) is 2.78. The van der Waals surface area contributed by atoms with E-state index in [-0.39, 0.29) is 4.90 Å². The predicted octanol–water partition coefficient (Wildman–Crippen LogP) is 4.42. The Labute approximate surface area is 176 Å². The molecule has 0 unspecified atom stereocenters. The third-order valence-electron chi connectivity index (χ3n) is 5.90. The summed E-state index contributed by atoms with van der Waals surface area (Å²) >= 11 is 0. The summed E-state index contributed by atoms with van der Waals surface area (Å²) in [6.07, 6.45) is 4.30. The summed E-state index contributed by atoms with van der Waals surface area (Å²) < 4.78 is 34.6. The molecule has 154 valence electrons. The molecule has 0 aliphatic carbocycles. The summed E-state index contributed by atoms with van der Waals surface area (Å²) in [5, 5.41) is 5.31. The first-order valence-electron chi connectivity index (χ1n) is 10.3. The van der Waals surface area contributed by atoms with E-state index in [1.165, 1.54) is 5.57 Å². The molecular formula is C24H24N2O3S. The number of anilines is 1. The lowest BCUT2D eigenvalue weighted by Gasteiger charge is -2.29. The van der Waals surface area contributed by atoms with Gasteiger partial charge in [-0.05, 0) is 84.6 Å². The molecule has 2 heterocycles. The molecule has 1 fully saturated rings. The smallest absolute Gasteiger partial charge is 0.261 e. The van der Waals surface area contributed by atoms with Gasteiger partial charge in [0.15, 0.2) is 0 Å². The van der Waals surface area contributed by atoms with Gasteiger partial charge >= 0.3 is 0 Å². The van der Waals surface area contributed by atoms with Gasteiger partial charge in [0.1, 0.15) is 12.4 Å². The van der Waals surface area contributed by atoms with Crippen LogP contribution in [0.25, 0.3) is 16.3 Å². The van der Waals surface area contributed by atoms with E-state index < -0.39 is 10.0 Å². The number of rotatable bonds is 4. The SMILES string of the molecule is O=S(=O)(Nc1ccc2c(c1)C(C1CCNCC1)=CCO2)c1ccc2ccccc2c1. The molecular weight excluding hydrogens is 396 g/mol. The first kappa shape index (κ1) is 19.2. The fourth-order valence-corrected chi connectivity index (χ4v) is 5.43. The van der Waals surface area contributed by atoms with E-state index in [1.807, 2.05) is 42.5 Å². The molecule has 3 aromatic rings. The third kappa shape index (κ3) is 3.68. The van der Waals surface area contributed by atoms with Crippen LogP contribution in [0.1, 0.15) is 18.4 Å². The number of nitrogens with one attached hydrogen (secondary N) is 2. The summed E-state index contributed by atoms with van der Waals surface area (Å²) in [5.74, 6) is 1.29. The van der Waals surface area contributed by atoms with Crippen LogP contribution in [0.3, 0.4) is 0 Å². The molecule has 0 radical (unpaired) electrons. The molecule has 0 atom stereocenters. The summed E-state index contributed by atoms with van der Waals surface area (Å²) in [6.45, 7) is 2.58. The van der Waals surface area contributed by atoms with Crippen LogP contribution in [-0.4, -0.2) is 28.1 Å². The Morgan fingerprint density at radius 2 is 1.73 bits per heavy atom. The van der Waals surface area contributed by atoms with Crippen LogP contribution in [0.4, 0.5) is 5.69 Å². The van der Waals surface area contributed by atoms with Crippen LogP contribution in [0.2, 0.25) is 0 Å². The molecule has 2 aliphatic heterocycles. The van der Waals surface area contributed by atoms with Gasteiger partial charge < -0.3 is 10.1 Å². The van der Waals surface area contributed by atoms with E-state index in [1.54, 1.807) is 18.2 Å². The van der Waals surface area contributed by atoms with E-state index in [4.69, 9.17) is 4.74 Å². The van der Waals surface area contributed by atoms with E-state index in [0.29, 0.717) is 18.2 Å². The van der Waals surface area contributed by atoms with Crippen molar-refractivity contribution in [2.24, 2.45) is 5.92 Å². The highest BCUT2D eigenvalue weighted by Crippen LogP contribution is 2.39. The minimum absolute atomic E-state index is 0.254. The highest BCUT2D eigenvalue weighted by molar-refractivity contribution is 7.92. The van der Waals surface area contributed by atoms with Crippen LogP contribution in [0.5, 0.6) is 5.75 Å². The van der Waals surface area contributed by atoms with E-state index >= 15 is 0 Å². The molecule has 0 amide bonds. The Morgan fingerprint density at radius 3 is 2.57 bits per heavy atom. The van der Waals surface area contributed by atoms with Gasteiger partial charge in [-0.1, -0.05) is 30.3 Å². The van der Waals surface area contributed by atoms with Crippen molar-refractivity contribution in [3.05, 3.63) is 72.3 Å². The minimum Gasteiger partial charge on any atom is -0.489 e. The fourth-order valence-electron chi connectivity index (χ4n) is 4.34. The van der Waals surface area contributed by atoms with Gasteiger partial charge in [-0.2, -0.15) is 0 Å². The number of fused-ring (bicyclic) bond motifs is 2. The number of benzene rings is 3. The van der Waals surface area contributed by atoms with Gasteiger partial charge in [0.25, 0.3) is 10.0 Å². The zero-order valence-corrected chi connectivity index (χ0v) is 17.4. The molecule has 5 rings (SSSR count). The van der Waals surface area contributed by atoms with Gasteiger partial charge in [-0.3, -0.25) is 4.72 Å². The molecule has 2 N–H and O–H groups in total. The van der Waals surface area contributed by atoms with Crippen LogP contribution in [-0.2, 0) is 10.0 Å². The first-order valence-corrected chi connectivity index (χ1v) is 11.8. The Balaban J connectivity index is 1.45. The monoisotopic (exact) mass is 420 g/mol. The van der Waals surface area contributed by atoms with E-state index in [9.17, 15) is 8.42 Å². The molecule has 3 aromatic carbocycles. The van der Waals surface area contributed by atoms with Crippen molar-refractivity contribution in [2.45, 2.75) is 17.7 Å². The van der Waals surface area contributed by atoms with Crippen LogP contribution in [0, 0.1) is 5.92 Å². The second-order valence-electron chi connectivity index (χ2n) is 7.82. The zero-order chi connectivity index (χ0) is 20.6. The van der Waals surface area contributed by atoms with Gasteiger partial charge in [0.2, 0.25) is 0 Å². The second kappa shape index (κ2) is 7.78. The van der Waals surface area contributed by atoms with Crippen molar-refractivity contribution in [3.63, 3.8) is 0 Å². The highest BCUT2D eigenvalue weighted by atomic mass is 32.2. The number of sulfonamides is 1. The molecule has 6 heteroatoms. The fraction of sp³-hybridized carbons (Fsp3) is 0.250. The molecule has 0 spiro atoms. The van der Waals surface area contributed by atoms with Crippen molar-refractivity contribution in [3.8, 4) is 5.75 Å². The topological polar surface area (TPSA) is 67.4 Å². The van der Waals surface area contributed by atoms with Gasteiger partial charge in [-0.25, -0.2) is 8.42 Å². The minimum atomic E-state index is -3.69. The van der Waals surface area contributed by atoms with E-state index in [2.05, 4.69) is 16.1 Å². The van der Waals surface area contributed by atoms with Crippen LogP contribution in [0.15, 0.2) is 71.6 Å². The third-order valence-corrected chi connectivity index (χ3v) is 7.27. The maximum Gasteiger partial charge on any atom is 0.261 e. The van der Waals surface area contributed by atoms with E-state index in [0.717, 1.165) is 48.0 Å². The summed E-state index contributed by atoms with van der Waals surface area (Å²) in [6, 6.07) is 18.5. The lowest BCUT2D eigenvalue weighted by molar-refractivity contribution is 0.351. The highest BCUT2D eigenvalue weighted by Gasteiger charge is 2.24. The Morgan fingerprint density at radius 1 is 0.933 bits per heavy atom. The largest absolute Gasteiger partial charge is 0.489 e. The molecule has 5 nitrogen and oxygen atoms in total. The Bertz CT molecular complexity index is 1230. The predicted molar refractivity (Wildman–Crippen MR) is 120 cm³/mol. The Kier molecular flexibility index (Phi) is 4.97. The summed E-state index contributed by atoms with van der Waals surface area (Å²) in [7, 11) is -3.69. The molecule has 0 bridgehead atoms. The molecule has 1 saturated heterocycles. The van der Waals surface area contributed by atoms with Crippen LogP contribution < -0.4 is 14.8 Å². The van der Waals surface area contributed by atoms with Crippen molar-refractivity contribution in [1.82, 2.24) is 5.32 Å². The maximum absolute atomic E-state index is 13.0. The number of allylic oxidation sites excluding steroid dienone is 1. The molecule has 30 heavy (non-hydrogen) atoms. The van der Waals surface area contributed by atoms with Crippen molar-refractivity contribution in [2.75, 3.05) is 24.4 Å². The average molecular weight is 421 g/mol. The number of hydrogen-bond acceptors (Lipinski definition) is 4. The maximum atomic E-state index is 13.0. The lowest BCUT2D eigenvalue weighted by atomic mass is 9.84. The first-order chi connectivity index (χ1) is 14.6. The number of piperidine rings is 1. The normalized spacial score (nSPS) is 17.1. The van der Waals surface area contributed by atoms with Gasteiger partial charge in [-0.15, -0.1) is 0 Å². The summed E-state index contributed by atoms with van der Waals surface area (Å²) in [4.78, 5) is 0.254. The standard InChI is InChI=1S/C24H24N2O3S/c27-30(28,21-7-5-17-3-1-2-4-19(17)15-21)26-20-6-8-24-23(16-20)22(11-14-29-24)18-9-12-25-13-10-18/h1-8,11,15-16,18,25-26H,9-10,12-14H2. The van der Waals surface area contributed by atoms with Gasteiger partial charge in [0.05, 0.1) is 4.90 Å². The second-order valence-corrected chi connectivity index (χ2v) is 9.50. The number of ether oxygens (including phenoxy) is 1. The lowest BCUT2D eigenvalue weighted by Crippen LogP contribution is -2.29. The molecule has 0 saturated carbocycles. The molecule has 2 aliphatic rings. The quantitative estimate of drug-likeness (QED) is 0.656. The van der Waals surface area contributed by atoms with Gasteiger partial charge in [0, 0.05) is 11.3 Å². The Hall–Kier alpha value is -2.83. The van der Waals surface area contributed by atoms with Crippen molar-refractivity contribution >= 4 is 32.1 Å². The van der Waals surface area contributed by atoms with Crippen LogP contribution >= 0.6 is 0 Å². The molecule has 0 aromatic heterocycles. The zero-order valence-electron chi connectivity index (χ0n) is 16.6. The van der Waals surface area contributed by atoms with Crippen molar-refractivity contribution in [1.29, 1.82) is 0 Å². The summed E-state index contributed by atoms with van der Waals surface area (Å²) in [5.41, 5.74) is 2.81. The number of hydrogen-bond donors (Lipinski definition) is 2. The van der Waals surface area contributed by atoms with Crippen molar-refractivity contribution < 1.29 is 13.2 Å².